The summed E-state index contributed by atoms with van der Waals surface area (Å²) in [6, 6.07) is 16.2. The lowest BCUT2D eigenvalue weighted by molar-refractivity contribution is -0.150. The molecule has 7 nitrogen and oxygen atoms in total. The van der Waals surface area contributed by atoms with Gasteiger partial charge in [-0.25, -0.2) is 4.79 Å². The number of benzene rings is 2. The molecule has 1 aliphatic carbocycles. The number of alkyl carbamates (subject to hydrolysis) is 1. The second-order valence-corrected chi connectivity index (χ2v) is 10.5. The number of rotatable bonds is 9. The van der Waals surface area contributed by atoms with E-state index < -0.39 is 23.5 Å². The molecule has 7 heteroatoms. The third-order valence-electron chi connectivity index (χ3n) is 6.31. The molecular formula is C28H36N2O5. The quantitative estimate of drug-likeness (QED) is 0.532. The summed E-state index contributed by atoms with van der Waals surface area (Å²) < 4.78 is 5.60. The van der Waals surface area contributed by atoms with E-state index in [1.807, 2.05) is 38.1 Å². The Hall–Kier alpha value is -3.35. The summed E-state index contributed by atoms with van der Waals surface area (Å²) in [6.45, 7) is 9.29. The highest BCUT2D eigenvalue weighted by molar-refractivity contribution is 5.84. The van der Waals surface area contributed by atoms with E-state index in [1.165, 1.54) is 4.90 Å². The molecule has 1 aliphatic rings. The van der Waals surface area contributed by atoms with Gasteiger partial charge in [0, 0.05) is 18.0 Å². The van der Waals surface area contributed by atoms with Gasteiger partial charge in [0.05, 0.1) is 5.92 Å². The number of carboxylic acids is 1. The molecule has 2 aromatic carbocycles. The fourth-order valence-corrected chi connectivity index (χ4v) is 4.70. The first-order valence-corrected chi connectivity index (χ1v) is 12.1. The van der Waals surface area contributed by atoms with Crippen molar-refractivity contribution >= 4 is 18.0 Å². The van der Waals surface area contributed by atoms with Crippen molar-refractivity contribution in [3.8, 4) is 11.1 Å². The SMILES string of the molecule is CC(C)CC(CNC(=O)OCC1c2ccccc2-c2ccccc21)C(=O)N(CC(=O)O)C(C)(C)C. The Bertz CT molecular complexity index is 1030. The molecule has 3 rings (SSSR count). The fourth-order valence-electron chi connectivity index (χ4n) is 4.70. The van der Waals surface area contributed by atoms with Crippen LogP contribution >= 0.6 is 0 Å². The topological polar surface area (TPSA) is 95.9 Å². The fraction of sp³-hybridized carbons (Fsp3) is 0.464. The standard InChI is InChI=1S/C28H36N2O5/c1-18(2)14-19(26(33)30(16-25(31)32)28(3,4)5)15-29-27(34)35-17-24-22-12-8-6-10-20(22)21-11-7-9-13-23(21)24/h6-13,18-19,24H,14-17H2,1-5H3,(H,29,34)(H,31,32). The molecule has 0 bridgehead atoms. The van der Waals surface area contributed by atoms with Crippen molar-refractivity contribution in [3.63, 3.8) is 0 Å². The van der Waals surface area contributed by atoms with Crippen LogP contribution in [0.15, 0.2) is 48.5 Å². The second kappa shape index (κ2) is 10.9. The van der Waals surface area contributed by atoms with Crippen LogP contribution in [0.2, 0.25) is 0 Å². The Balaban J connectivity index is 1.65. The van der Waals surface area contributed by atoms with E-state index in [0.29, 0.717) is 6.42 Å². The number of fused-ring (bicyclic) bond motifs is 3. The number of hydrogen-bond acceptors (Lipinski definition) is 4. The Kier molecular flexibility index (Phi) is 8.20. The highest BCUT2D eigenvalue weighted by Crippen LogP contribution is 2.44. The van der Waals surface area contributed by atoms with E-state index in [0.717, 1.165) is 22.3 Å². The van der Waals surface area contributed by atoms with Crippen molar-refractivity contribution in [2.45, 2.75) is 52.5 Å². The van der Waals surface area contributed by atoms with Gasteiger partial charge < -0.3 is 20.1 Å². The number of carbonyl (C=O) groups is 3. The van der Waals surface area contributed by atoms with Crippen LogP contribution in [0.3, 0.4) is 0 Å². The number of ether oxygens (including phenoxy) is 1. The number of hydrogen-bond donors (Lipinski definition) is 2. The third kappa shape index (κ3) is 6.41. The monoisotopic (exact) mass is 480 g/mol. The second-order valence-electron chi connectivity index (χ2n) is 10.5. The maximum atomic E-state index is 13.3. The predicted molar refractivity (Wildman–Crippen MR) is 135 cm³/mol. The van der Waals surface area contributed by atoms with Gasteiger partial charge in [0.15, 0.2) is 0 Å². The molecule has 2 N–H and O–H groups in total. The maximum Gasteiger partial charge on any atom is 0.407 e. The Morgan fingerprint density at radius 3 is 2.03 bits per heavy atom. The van der Waals surface area contributed by atoms with Crippen LogP contribution in [0.5, 0.6) is 0 Å². The van der Waals surface area contributed by atoms with Gasteiger partial charge >= 0.3 is 12.1 Å². The number of nitrogens with zero attached hydrogens (tertiary/aromatic N) is 1. The zero-order valence-corrected chi connectivity index (χ0v) is 21.2. The van der Waals surface area contributed by atoms with E-state index in [-0.39, 0.29) is 37.4 Å². The van der Waals surface area contributed by atoms with Crippen molar-refractivity contribution < 1.29 is 24.2 Å². The van der Waals surface area contributed by atoms with Crippen molar-refractivity contribution in [3.05, 3.63) is 59.7 Å². The van der Waals surface area contributed by atoms with E-state index in [2.05, 4.69) is 29.6 Å². The summed E-state index contributed by atoms with van der Waals surface area (Å²) in [5.74, 6) is -1.75. The first kappa shape index (κ1) is 26.3. The normalized spacial score (nSPS) is 13.7. The summed E-state index contributed by atoms with van der Waals surface area (Å²) in [5, 5.41) is 12.1. The molecule has 188 valence electrons. The Morgan fingerprint density at radius 1 is 1.00 bits per heavy atom. The van der Waals surface area contributed by atoms with Gasteiger partial charge in [0.2, 0.25) is 5.91 Å². The molecule has 1 atom stereocenters. The molecule has 2 amide bonds. The molecule has 0 aromatic heterocycles. The number of nitrogens with one attached hydrogen (secondary N) is 1. The first-order chi connectivity index (χ1) is 16.5. The van der Waals surface area contributed by atoms with Crippen LogP contribution < -0.4 is 5.32 Å². The predicted octanol–water partition coefficient (Wildman–Crippen LogP) is 4.90. The van der Waals surface area contributed by atoms with E-state index >= 15 is 0 Å². The van der Waals surface area contributed by atoms with Gasteiger partial charge in [0.25, 0.3) is 0 Å². The summed E-state index contributed by atoms with van der Waals surface area (Å²) in [7, 11) is 0. The van der Waals surface area contributed by atoms with Crippen molar-refractivity contribution in [1.82, 2.24) is 10.2 Å². The average Bonchev–Trinajstić information content (AvgIpc) is 3.11. The summed E-state index contributed by atoms with van der Waals surface area (Å²) in [4.78, 5) is 38.7. The molecule has 2 aromatic rings. The first-order valence-electron chi connectivity index (χ1n) is 12.1. The van der Waals surface area contributed by atoms with Crippen molar-refractivity contribution in [1.29, 1.82) is 0 Å². The molecule has 1 unspecified atom stereocenters. The van der Waals surface area contributed by atoms with Crippen LogP contribution in [0, 0.1) is 11.8 Å². The van der Waals surface area contributed by atoms with E-state index in [1.54, 1.807) is 20.8 Å². The molecule has 0 saturated carbocycles. The minimum atomic E-state index is -1.07. The lowest BCUT2D eigenvalue weighted by Crippen LogP contribution is -2.52. The third-order valence-corrected chi connectivity index (χ3v) is 6.31. The lowest BCUT2D eigenvalue weighted by atomic mass is 9.93. The zero-order chi connectivity index (χ0) is 25.8. The van der Waals surface area contributed by atoms with Gasteiger partial charge in [-0.15, -0.1) is 0 Å². The summed E-state index contributed by atoms with van der Waals surface area (Å²) in [6.07, 6.45) is -0.0664. The number of carbonyl (C=O) groups excluding carboxylic acids is 2. The molecule has 0 heterocycles. The van der Waals surface area contributed by atoms with E-state index in [9.17, 15) is 19.5 Å². The van der Waals surface area contributed by atoms with Gasteiger partial charge in [-0.2, -0.15) is 0 Å². The number of aliphatic carboxylic acids is 1. The minimum absolute atomic E-state index is 0.0480. The average molecular weight is 481 g/mol. The van der Waals surface area contributed by atoms with E-state index in [4.69, 9.17) is 4.74 Å². The molecule has 0 fully saturated rings. The smallest absolute Gasteiger partial charge is 0.407 e. The zero-order valence-electron chi connectivity index (χ0n) is 21.2. The Morgan fingerprint density at radius 2 is 1.54 bits per heavy atom. The number of amides is 2. The summed E-state index contributed by atoms with van der Waals surface area (Å²) in [5.41, 5.74) is 3.91. The number of carboxylic acid groups (broad SMARTS) is 1. The van der Waals surface area contributed by atoms with Crippen LogP contribution in [-0.4, -0.2) is 53.2 Å². The maximum absolute atomic E-state index is 13.3. The molecule has 0 saturated heterocycles. The van der Waals surface area contributed by atoms with Gasteiger partial charge in [-0.05, 0) is 55.4 Å². The van der Waals surface area contributed by atoms with Crippen LogP contribution in [0.1, 0.15) is 58.1 Å². The van der Waals surface area contributed by atoms with Gasteiger partial charge in [-0.1, -0.05) is 62.4 Å². The largest absolute Gasteiger partial charge is 0.480 e. The van der Waals surface area contributed by atoms with Crippen LogP contribution in [0.4, 0.5) is 4.79 Å². The molecule has 0 radical (unpaired) electrons. The van der Waals surface area contributed by atoms with Gasteiger partial charge in [-0.3, -0.25) is 9.59 Å². The van der Waals surface area contributed by atoms with Crippen molar-refractivity contribution in [2.24, 2.45) is 11.8 Å². The highest BCUT2D eigenvalue weighted by Gasteiger charge is 2.34. The minimum Gasteiger partial charge on any atom is -0.480 e. The Labute approximate surface area is 207 Å². The van der Waals surface area contributed by atoms with Crippen LogP contribution in [-0.2, 0) is 14.3 Å². The molecule has 0 spiro atoms. The molecule has 35 heavy (non-hydrogen) atoms. The summed E-state index contributed by atoms with van der Waals surface area (Å²) >= 11 is 0. The lowest BCUT2D eigenvalue weighted by Gasteiger charge is -2.37. The van der Waals surface area contributed by atoms with Gasteiger partial charge in [0.1, 0.15) is 13.2 Å². The van der Waals surface area contributed by atoms with Crippen LogP contribution in [0.25, 0.3) is 11.1 Å². The molecular weight excluding hydrogens is 444 g/mol. The highest BCUT2D eigenvalue weighted by atomic mass is 16.5. The molecule has 0 aliphatic heterocycles. The van der Waals surface area contributed by atoms with Crippen molar-refractivity contribution in [2.75, 3.05) is 19.7 Å².